The molecule has 0 unspecified atom stereocenters. The molecule has 0 saturated heterocycles. The predicted octanol–water partition coefficient (Wildman–Crippen LogP) is 4.59. The Morgan fingerprint density at radius 3 is 2.05 bits per heavy atom. The van der Waals surface area contributed by atoms with Crippen LogP contribution in [0, 0.1) is 6.92 Å². The number of rotatable bonds is 13. The summed E-state index contributed by atoms with van der Waals surface area (Å²) in [5.74, 6) is -0.161. The van der Waals surface area contributed by atoms with Gasteiger partial charge in [0, 0.05) is 20.0 Å². The minimum Gasteiger partial charge on any atom is -0.497 e. The normalized spacial score (nSPS) is 11.7. The SMILES string of the molecule is CNC(=O)[C@@H](Cc1ccccc1)N(Cc1ccc(C)cc1)C(=O)CN(c1ccccc1OC)S(=O)(=O)c1ccc(OC)cc1. The number of sulfonamides is 1. The Labute approximate surface area is 259 Å². The maximum Gasteiger partial charge on any atom is 0.264 e. The van der Waals surface area contributed by atoms with E-state index in [0.717, 1.165) is 21.0 Å². The van der Waals surface area contributed by atoms with Gasteiger partial charge in [-0.15, -0.1) is 0 Å². The van der Waals surface area contributed by atoms with Crippen LogP contribution in [-0.2, 0) is 32.6 Å². The Morgan fingerprint density at radius 1 is 0.795 bits per heavy atom. The zero-order valence-corrected chi connectivity index (χ0v) is 26.1. The number of amides is 2. The van der Waals surface area contributed by atoms with E-state index in [1.54, 1.807) is 36.4 Å². The summed E-state index contributed by atoms with van der Waals surface area (Å²) < 4.78 is 40.1. The topological polar surface area (TPSA) is 105 Å². The van der Waals surface area contributed by atoms with Crippen molar-refractivity contribution in [3.63, 3.8) is 0 Å². The van der Waals surface area contributed by atoms with Gasteiger partial charge >= 0.3 is 0 Å². The van der Waals surface area contributed by atoms with Gasteiger partial charge in [-0.25, -0.2) is 8.42 Å². The number of ether oxygens (including phenoxy) is 2. The van der Waals surface area contributed by atoms with Gasteiger partial charge in [0.05, 0.1) is 24.8 Å². The van der Waals surface area contributed by atoms with Crippen molar-refractivity contribution >= 4 is 27.5 Å². The van der Waals surface area contributed by atoms with E-state index in [9.17, 15) is 18.0 Å². The van der Waals surface area contributed by atoms with Gasteiger partial charge in [0.15, 0.2) is 0 Å². The van der Waals surface area contributed by atoms with Crippen LogP contribution in [0.5, 0.6) is 11.5 Å². The van der Waals surface area contributed by atoms with E-state index in [-0.39, 0.29) is 35.2 Å². The summed E-state index contributed by atoms with van der Waals surface area (Å²) in [4.78, 5) is 29.2. The monoisotopic (exact) mass is 615 g/mol. The fraction of sp³-hybridized carbons (Fsp3) is 0.235. The molecular formula is C34H37N3O6S. The van der Waals surface area contributed by atoms with E-state index in [1.807, 2.05) is 61.5 Å². The molecule has 0 radical (unpaired) electrons. The lowest BCUT2D eigenvalue weighted by Crippen LogP contribution is -2.53. The number of aryl methyl sites for hydroxylation is 1. The molecule has 10 heteroatoms. The van der Waals surface area contributed by atoms with Crippen molar-refractivity contribution in [2.45, 2.75) is 30.8 Å². The number of para-hydroxylation sites is 2. The lowest BCUT2D eigenvalue weighted by Gasteiger charge is -2.34. The Balaban J connectivity index is 1.81. The van der Waals surface area contributed by atoms with Crippen molar-refractivity contribution in [2.24, 2.45) is 0 Å². The van der Waals surface area contributed by atoms with Gasteiger partial charge in [-0.05, 0) is 54.4 Å². The minimum absolute atomic E-state index is 0.0331. The molecule has 4 rings (SSSR count). The van der Waals surface area contributed by atoms with Gasteiger partial charge in [0.1, 0.15) is 24.1 Å². The average molecular weight is 616 g/mol. The van der Waals surface area contributed by atoms with Crippen LogP contribution in [0.1, 0.15) is 16.7 Å². The van der Waals surface area contributed by atoms with Crippen LogP contribution in [-0.4, -0.2) is 59.0 Å². The quantitative estimate of drug-likeness (QED) is 0.236. The molecule has 0 saturated carbocycles. The molecule has 0 aromatic heterocycles. The second-order valence-corrected chi connectivity index (χ2v) is 12.0. The molecule has 0 bridgehead atoms. The van der Waals surface area contributed by atoms with E-state index in [0.29, 0.717) is 5.75 Å². The van der Waals surface area contributed by atoms with Crippen LogP contribution >= 0.6 is 0 Å². The molecule has 0 aliphatic rings. The van der Waals surface area contributed by atoms with Gasteiger partial charge in [-0.1, -0.05) is 72.3 Å². The number of benzene rings is 4. The number of anilines is 1. The molecule has 1 N–H and O–H groups in total. The summed E-state index contributed by atoms with van der Waals surface area (Å²) in [7, 11) is 0.163. The smallest absolute Gasteiger partial charge is 0.264 e. The average Bonchev–Trinajstić information content (AvgIpc) is 3.06. The van der Waals surface area contributed by atoms with E-state index >= 15 is 0 Å². The summed E-state index contributed by atoms with van der Waals surface area (Å²) in [5, 5.41) is 2.69. The molecule has 0 spiro atoms. The first kappa shape index (κ1) is 32.1. The first-order chi connectivity index (χ1) is 21.2. The van der Waals surface area contributed by atoms with Crippen molar-refractivity contribution in [1.29, 1.82) is 0 Å². The second-order valence-electron chi connectivity index (χ2n) is 10.2. The number of nitrogens with zero attached hydrogens (tertiary/aromatic N) is 2. The molecule has 0 aliphatic carbocycles. The highest BCUT2D eigenvalue weighted by atomic mass is 32.2. The molecule has 0 aliphatic heterocycles. The summed E-state index contributed by atoms with van der Waals surface area (Å²) in [5.41, 5.74) is 2.89. The van der Waals surface area contributed by atoms with Crippen molar-refractivity contribution in [2.75, 3.05) is 32.1 Å². The first-order valence-electron chi connectivity index (χ1n) is 14.1. The molecule has 230 valence electrons. The van der Waals surface area contributed by atoms with Gasteiger partial charge in [-0.3, -0.25) is 13.9 Å². The van der Waals surface area contributed by atoms with Crippen LogP contribution in [0.3, 0.4) is 0 Å². The van der Waals surface area contributed by atoms with Crippen LogP contribution in [0.15, 0.2) is 108 Å². The van der Waals surface area contributed by atoms with E-state index in [1.165, 1.54) is 38.3 Å². The maximum absolute atomic E-state index is 14.4. The molecule has 1 atom stereocenters. The van der Waals surface area contributed by atoms with Crippen molar-refractivity contribution in [1.82, 2.24) is 10.2 Å². The van der Waals surface area contributed by atoms with Crippen molar-refractivity contribution < 1.29 is 27.5 Å². The third kappa shape index (κ3) is 7.57. The number of carbonyl (C=O) groups excluding carboxylic acids is 2. The van der Waals surface area contributed by atoms with Gasteiger partial charge < -0.3 is 19.7 Å². The van der Waals surface area contributed by atoms with Crippen LogP contribution in [0.4, 0.5) is 5.69 Å². The molecule has 44 heavy (non-hydrogen) atoms. The highest BCUT2D eigenvalue weighted by molar-refractivity contribution is 7.92. The van der Waals surface area contributed by atoms with Crippen molar-refractivity contribution in [3.05, 3.63) is 120 Å². The molecule has 2 amide bonds. The summed E-state index contributed by atoms with van der Waals surface area (Å²) in [6, 6.07) is 28.7. The van der Waals surface area contributed by atoms with E-state index in [4.69, 9.17) is 9.47 Å². The number of carbonyl (C=O) groups is 2. The number of hydrogen-bond acceptors (Lipinski definition) is 6. The number of hydrogen-bond donors (Lipinski definition) is 1. The van der Waals surface area contributed by atoms with Crippen LogP contribution < -0.4 is 19.1 Å². The van der Waals surface area contributed by atoms with Crippen LogP contribution in [0.25, 0.3) is 0 Å². The van der Waals surface area contributed by atoms with Gasteiger partial charge in [0.2, 0.25) is 11.8 Å². The Bertz CT molecular complexity index is 1660. The fourth-order valence-corrected chi connectivity index (χ4v) is 6.26. The third-order valence-electron chi connectivity index (χ3n) is 7.27. The van der Waals surface area contributed by atoms with Crippen LogP contribution in [0.2, 0.25) is 0 Å². The summed E-state index contributed by atoms with van der Waals surface area (Å²) >= 11 is 0. The molecule has 0 fully saturated rings. The second kappa shape index (κ2) is 14.6. The Hall–Kier alpha value is -4.83. The molecule has 9 nitrogen and oxygen atoms in total. The highest BCUT2D eigenvalue weighted by Gasteiger charge is 2.35. The lowest BCUT2D eigenvalue weighted by atomic mass is 10.0. The highest BCUT2D eigenvalue weighted by Crippen LogP contribution is 2.33. The minimum atomic E-state index is -4.28. The van der Waals surface area contributed by atoms with E-state index < -0.39 is 28.5 Å². The number of methoxy groups -OCH3 is 2. The molecule has 4 aromatic rings. The maximum atomic E-state index is 14.4. The predicted molar refractivity (Wildman–Crippen MR) is 170 cm³/mol. The Morgan fingerprint density at radius 2 is 1.43 bits per heavy atom. The molecular weight excluding hydrogens is 578 g/mol. The van der Waals surface area contributed by atoms with Gasteiger partial charge in [-0.2, -0.15) is 0 Å². The first-order valence-corrected chi connectivity index (χ1v) is 15.5. The Kier molecular flexibility index (Phi) is 10.6. The lowest BCUT2D eigenvalue weighted by molar-refractivity contribution is -0.139. The third-order valence-corrected chi connectivity index (χ3v) is 9.05. The summed E-state index contributed by atoms with van der Waals surface area (Å²) in [6.45, 7) is 1.47. The number of likely N-dealkylation sites (N-methyl/N-ethyl adjacent to an activating group) is 1. The summed E-state index contributed by atoms with van der Waals surface area (Å²) in [6.07, 6.45) is 0.234. The largest absolute Gasteiger partial charge is 0.497 e. The number of nitrogens with one attached hydrogen (secondary N) is 1. The molecule has 4 aromatic carbocycles. The molecule has 0 heterocycles. The zero-order valence-electron chi connectivity index (χ0n) is 25.3. The van der Waals surface area contributed by atoms with Gasteiger partial charge in [0.25, 0.3) is 10.0 Å². The zero-order chi connectivity index (χ0) is 31.7. The fourth-order valence-electron chi connectivity index (χ4n) is 4.83. The van der Waals surface area contributed by atoms with E-state index in [2.05, 4.69) is 5.32 Å². The standard InChI is InChI=1S/C34H37N3O6S/c1-25-14-16-27(17-15-25)23-36(31(34(39)35-2)22-26-10-6-5-7-11-26)33(38)24-37(30-12-8-9-13-32(30)43-4)44(40,41)29-20-18-28(42-3)19-21-29/h5-21,31H,22-24H2,1-4H3,(H,35,39)/t31-/m1/s1. The van der Waals surface area contributed by atoms with Crippen molar-refractivity contribution in [3.8, 4) is 11.5 Å².